The minimum atomic E-state index is 0.381. The van der Waals surface area contributed by atoms with Crippen LogP contribution in [0.25, 0.3) is 0 Å². The highest BCUT2D eigenvalue weighted by Crippen LogP contribution is 2.25. The molecule has 0 aromatic heterocycles. The van der Waals surface area contributed by atoms with Crippen molar-refractivity contribution in [1.29, 1.82) is 0 Å². The smallest absolute Gasteiger partial charge is 0.0678 e. The summed E-state index contributed by atoms with van der Waals surface area (Å²) in [5.74, 6) is 0.725. The summed E-state index contributed by atoms with van der Waals surface area (Å²) in [6.07, 6.45) is 4.63. The van der Waals surface area contributed by atoms with Crippen molar-refractivity contribution >= 4 is 0 Å². The minimum absolute atomic E-state index is 0.381. The molecule has 0 spiro atoms. The molecule has 1 saturated heterocycles. The van der Waals surface area contributed by atoms with Gasteiger partial charge in [0.1, 0.15) is 0 Å². The second-order valence-electron chi connectivity index (χ2n) is 5.33. The van der Waals surface area contributed by atoms with Gasteiger partial charge in [-0.2, -0.15) is 0 Å². The third kappa shape index (κ3) is 2.92. The van der Waals surface area contributed by atoms with Gasteiger partial charge < -0.3 is 10.5 Å². The number of morpholine rings is 1. The standard InChI is InChI=1S/C12H24N2O/c1-9-6-14(7-10(2)15-9)8-11-4-3-5-12(11)13/h9-12H,3-8,13H2,1-2H3. The maximum Gasteiger partial charge on any atom is 0.0678 e. The SMILES string of the molecule is CC1CN(CC2CCCC2N)CC(C)O1. The summed E-state index contributed by atoms with van der Waals surface area (Å²) >= 11 is 0. The fraction of sp³-hybridized carbons (Fsp3) is 1.00. The Morgan fingerprint density at radius 2 is 1.87 bits per heavy atom. The number of hydrogen-bond acceptors (Lipinski definition) is 3. The average Bonchev–Trinajstić information content (AvgIpc) is 2.50. The van der Waals surface area contributed by atoms with Gasteiger partial charge in [0, 0.05) is 25.7 Å². The Hall–Kier alpha value is -0.120. The molecule has 2 rings (SSSR count). The summed E-state index contributed by atoms with van der Waals surface area (Å²) in [4.78, 5) is 2.54. The molecule has 0 radical (unpaired) electrons. The van der Waals surface area contributed by atoms with Gasteiger partial charge in [0.15, 0.2) is 0 Å². The van der Waals surface area contributed by atoms with Crippen LogP contribution in [0.2, 0.25) is 0 Å². The van der Waals surface area contributed by atoms with E-state index in [2.05, 4.69) is 18.7 Å². The van der Waals surface area contributed by atoms with Crippen molar-refractivity contribution in [2.24, 2.45) is 11.7 Å². The zero-order valence-electron chi connectivity index (χ0n) is 9.98. The summed E-state index contributed by atoms with van der Waals surface area (Å²) in [5.41, 5.74) is 6.11. The monoisotopic (exact) mass is 212 g/mol. The summed E-state index contributed by atoms with van der Waals surface area (Å²) in [7, 11) is 0. The van der Waals surface area contributed by atoms with Crippen LogP contribution in [0.3, 0.4) is 0 Å². The van der Waals surface area contributed by atoms with Crippen molar-refractivity contribution < 1.29 is 4.74 Å². The largest absolute Gasteiger partial charge is 0.373 e. The van der Waals surface area contributed by atoms with Gasteiger partial charge in [-0.3, -0.25) is 4.90 Å². The van der Waals surface area contributed by atoms with E-state index in [0.717, 1.165) is 19.0 Å². The molecule has 2 aliphatic rings. The topological polar surface area (TPSA) is 38.5 Å². The van der Waals surface area contributed by atoms with Crippen LogP contribution in [-0.4, -0.2) is 42.8 Å². The van der Waals surface area contributed by atoms with Gasteiger partial charge in [-0.1, -0.05) is 6.42 Å². The summed E-state index contributed by atoms with van der Waals surface area (Å²) in [5, 5.41) is 0. The highest BCUT2D eigenvalue weighted by atomic mass is 16.5. The van der Waals surface area contributed by atoms with E-state index in [1.807, 2.05) is 0 Å². The van der Waals surface area contributed by atoms with E-state index in [0.29, 0.717) is 18.2 Å². The van der Waals surface area contributed by atoms with E-state index in [1.165, 1.54) is 25.8 Å². The average molecular weight is 212 g/mol. The van der Waals surface area contributed by atoms with Crippen LogP contribution in [0.1, 0.15) is 33.1 Å². The quantitative estimate of drug-likeness (QED) is 0.748. The lowest BCUT2D eigenvalue weighted by Gasteiger charge is -2.37. The van der Waals surface area contributed by atoms with Crippen LogP contribution in [0.15, 0.2) is 0 Å². The molecular weight excluding hydrogens is 188 g/mol. The van der Waals surface area contributed by atoms with E-state index in [9.17, 15) is 0 Å². The molecule has 1 aliphatic carbocycles. The van der Waals surface area contributed by atoms with Crippen molar-refractivity contribution in [2.75, 3.05) is 19.6 Å². The van der Waals surface area contributed by atoms with Crippen LogP contribution in [-0.2, 0) is 4.74 Å². The molecule has 0 amide bonds. The zero-order valence-corrected chi connectivity index (χ0v) is 9.98. The Labute approximate surface area is 93.0 Å². The minimum Gasteiger partial charge on any atom is -0.373 e. The lowest BCUT2D eigenvalue weighted by atomic mass is 10.0. The predicted molar refractivity (Wildman–Crippen MR) is 61.8 cm³/mol. The van der Waals surface area contributed by atoms with E-state index < -0.39 is 0 Å². The van der Waals surface area contributed by atoms with Gasteiger partial charge >= 0.3 is 0 Å². The molecule has 0 aromatic rings. The Morgan fingerprint density at radius 1 is 1.20 bits per heavy atom. The van der Waals surface area contributed by atoms with Crippen LogP contribution in [0.5, 0.6) is 0 Å². The number of rotatable bonds is 2. The third-order valence-corrected chi connectivity index (χ3v) is 3.71. The van der Waals surface area contributed by atoms with Crippen molar-refractivity contribution in [2.45, 2.75) is 51.4 Å². The van der Waals surface area contributed by atoms with Crippen molar-refractivity contribution in [1.82, 2.24) is 4.90 Å². The molecule has 2 N–H and O–H groups in total. The van der Waals surface area contributed by atoms with Crippen molar-refractivity contribution in [3.63, 3.8) is 0 Å². The van der Waals surface area contributed by atoms with Gasteiger partial charge in [0.05, 0.1) is 12.2 Å². The summed E-state index contributed by atoms with van der Waals surface area (Å²) in [6.45, 7) is 7.66. The normalized spacial score (nSPS) is 43.4. The highest BCUT2D eigenvalue weighted by molar-refractivity contribution is 4.84. The molecule has 0 aromatic carbocycles. The molecule has 3 heteroatoms. The lowest BCUT2D eigenvalue weighted by molar-refractivity contribution is -0.0716. The molecule has 2 fully saturated rings. The van der Waals surface area contributed by atoms with Gasteiger partial charge in [0.25, 0.3) is 0 Å². The molecule has 88 valence electrons. The molecule has 15 heavy (non-hydrogen) atoms. The first-order valence-corrected chi connectivity index (χ1v) is 6.28. The fourth-order valence-electron chi connectivity index (χ4n) is 3.06. The Kier molecular flexibility index (Phi) is 3.65. The molecule has 0 bridgehead atoms. The molecule has 4 atom stereocenters. The van der Waals surface area contributed by atoms with Crippen molar-refractivity contribution in [3.8, 4) is 0 Å². The van der Waals surface area contributed by atoms with Gasteiger partial charge in [0.2, 0.25) is 0 Å². The number of nitrogens with two attached hydrogens (primary N) is 1. The number of ether oxygens (including phenoxy) is 1. The first kappa shape index (κ1) is 11.4. The maximum absolute atomic E-state index is 6.11. The van der Waals surface area contributed by atoms with Crippen molar-refractivity contribution in [3.05, 3.63) is 0 Å². The second kappa shape index (κ2) is 4.81. The van der Waals surface area contributed by atoms with E-state index in [-0.39, 0.29) is 0 Å². The van der Waals surface area contributed by atoms with Gasteiger partial charge in [-0.25, -0.2) is 0 Å². The summed E-state index contributed by atoms with van der Waals surface area (Å²) in [6, 6.07) is 0.443. The van der Waals surface area contributed by atoms with E-state index >= 15 is 0 Å². The van der Waals surface area contributed by atoms with Crippen LogP contribution in [0.4, 0.5) is 0 Å². The van der Waals surface area contributed by atoms with E-state index in [1.54, 1.807) is 0 Å². The van der Waals surface area contributed by atoms with Crippen LogP contribution >= 0.6 is 0 Å². The first-order valence-electron chi connectivity index (χ1n) is 6.28. The predicted octanol–water partition coefficient (Wildman–Crippen LogP) is 1.22. The molecule has 1 saturated carbocycles. The number of hydrogen-bond donors (Lipinski definition) is 1. The molecule has 4 unspecified atom stereocenters. The zero-order chi connectivity index (χ0) is 10.8. The lowest BCUT2D eigenvalue weighted by Crippen LogP contribution is -2.48. The summed E-state index contributed by atoms with van der Waals surface area (Å²) < 4.78 is 5.73. The van der Waals surface area contributed by atoms with E-state index in [4.69, 9.17) is 10.5 Å². The Bertz CT molecular complexity index is 200. The number of nitrogens with zero attached hydrogens (tertiary/aromatic N) is 1. The fourth-order valence-corrected chi connectivity index (χ4v) is 3.06. The Morgan fingerprint density at radius 3 is 2.40 bits per heavy atom. The van der Waals surface area contributed by atoms with Crippen LogP contribution < -0.4 is 5.73 Å². The van der Waals surface area contributed by atoms with Gasteiger partial charge in [-0.05, 0) is 32.6 Å². The first-order chi connectivity index (χ1) is 7.15. The third-order valence-electron chi connectivity index (χ3n) is 3.71. The highest BCUT2D eigenvalue weighted by Gasteiger charge is 2.29. The second-order valence-corrected chi connectivity index (χ2v) is 5.33. The molecule has 1 heterocycles. The molecular formula is C12H24N2O. The van der Waals surface area contributed by atoms with Crippen LogP contribution in [0, 0.1) is 5.92 Å². The van der Waals surface area contributed by atoms with Gasteiger partial charge in [-0.15, -0.1) is 0 Å². The maximum atomic E-state index is 6.11. The molecule has 3 nitrogen and oxygen atoms in total. The Balaban J connectivity index is 1.83. The molecule has 1 aliphatic heterocycles.